The van der Waals surface area contributed by atoms with Crippen LogP contribution in [0, 0.1) is 0 Å². The van der Waals surface area contributed by atoms with Crippen molar-refractivity contribution >= 4 is 17.2 Å². The van der Waals surface area contributed by atoms with E-state index < -0.39 is 0 Å². The summed E-state index contributed by atoms with van der Waals surface area (Å²) in [5.74, 6) is -0.215. The Hall–Kier alpha value is -0.940. The number of carbonyl (C=O) groups excluding carboxylic acids is 1. The van der Waals surface area contributed by atoms with Crippen LogP contribution in [0.2, 0.25) is 0 Å². The monoisotopic (exact) mass is 213 g/mol. The van der Waals surface area contributed by atoms with E-state index in [9.17, 15) is 4.79 Å². The topological polar surface area (TPSA) is 68.0 Å². The van der Waals surface area contributed by atoms with Crippen LogP contribution in [-0.2, 0) is 11.3 Å². The van der Waals surface area contributed by atoms with Crippen LogP contribution in [0.25, 0.3) is 0 Å². The van der Waals surface area contributed by atoms with Crippen LogP contribution >= 0.6 is 11.3 Å². The predicted octanol–water partition coefficient (Wildman–Crippen LogP) is 0.888. The fourth-order valence-corrected chi connectivity index (χ4v) is 1.65. The molecule has 1 rings (SSSR count). The first-order chi connectivity index (χ1) is 6.79. The van der Waals surface area contributed by atoms with E-state index >= 15 is 0 Å². The Kier molecular flexibility index (Phi) is 5.17. The van der Waals surface area contributed by atoms with Crippen molar-refractivity contribution in [3.8, 4) is 0 Å². The van der Waals surface area contributed by atoms with Crippen molar-refractivity contribution in [2.75, 3.05) is 6.54 Å². The highest BCUT2D eigenvalue weighted by molar-refractivity contribution is 7.09. The summed E-state index contributed by atoms with van der Waals surface area (Å²) >= 11 is 1.64. The maximum atomic E-state index is 10.4. The Morgan fingerprint density at radius 1 is 1.57 bits per heavy atom. The fraction of sp³-hybridized carbons (Fsp3) is 0.556. The van der Waals surface area contributed by atoms with Gasteiger partial charge < -0.3 is 11.1 Å². The van der Waals surface area contributed by atoms with Crippen LogP contribution in [0.3, 0.4) is 0 Å². The van der Waals surface area contributed by atoms with Crippen LogP contribution in [0.1, 0.15) is 24.1 Å². The number of aromatic nitrogens is 1. The lowest BCUT2D eigenvalue weighted by molar-refractivity contribution is -0.118. The van der Waals surface area contributed by atoms with Gasteiger partial charge in [0, 0.05) is 24.0 Å². The number of nitrogens with one attached hydrogen (secondary N) is 1. The summed E-state index contributed by atoms with van der Waals surface area (Å²) in [6.07, 6.45) is 4.20. The van der Waals surface area contributed by atoms with Gasteiger partial charge in [0.2, 0.25) is 5.91 Å². The molecule has 3 N–H and O–H groups in total. The highest BCUT2D eigenvalue weighted by atomic mass is 32.1. The first-order valence-corrected chi connectivity index (χ1v) is 5.53. The number of amides is 1. The molecule has 0 radical (unpaired) electrons. The second-order valence-corrected chi connectivity index (χ2v) is 4.04. The number of thiazole rings is 1. The predicted molar refractivity (Wildman–Crippen MR) is 56.9 cm³/mol. The molecule has 0 unspecified atom stereocenters. The zero-order chi connectivity index (χ0) is 10.2. The van der Waals surface area contributed by atoms with Gasteiger partial charge >= 0.3 is 0 Å². The molecular weight excluding hydrogens is 198 g/mol. The zero-order valence-electron chi connectivity index (χ0n) is 8.03. The third-order valence-electron chi connectivity index (χ3n) is 1.81. The molecule has 0 aromatic carbocycles. The third-order valence-corrected chi connectivity index (χ3v) is 2.59. The number of unbranched alkanes of at least 4 members (excludes halogenated alkanes) is 1. The molecular formula is C9H15N3OS. The Bertz CT molecular complexity index is 261. The van der Waals surface area contributed by atoms with Crippen molar-refractivity contribution in [2.45, 2.75) is 25.8 Å². The average Bonchev–Trinajstić information content (AvgIpc) is 2.63. The molecule has 1 aromatic rings. The number of hydrogen-bond donors (Lipinski definition) is 2. The molecule has 1 aromatic heterocycles. The van der Waals surface area contributed by atoms with Gasteiger partial charge in [-0.05, 0) is 19.4 Å². The van der Waals surface area contributed by atoms with E-state index in [1.165, 1.54) is 4.88 Å². The van der Waals surface area contributed by atoms with Crippen LogP contribution < -0.4 is 11.1 Å². The molecule has 1 amide bonds. The van der Waals surface area contributed by atoms with Crippen LogP contribution in [0.4, 0.5) is 0 Å². The molecule has 0 aliphatic rings. The van der Waals surface area contributed by atoms with Crippen molar-refractivity contribution in [3.63, 3.8) is 0 Å². The van der Waals surface area contributed by atoms with Crippen molar-refractivity contribution < 1.29 is 4.79 Å². The van der Waals surface area contributed by atoms with Crippen LogP contribution in [-0.4, -0.2) is 17.4 Å². The summed E-state index contributed by atoms with van der Waals surface area (Å²) in [6, 6.07) is 0. The highest BCUT2D eigenvalue weighted by Gasteiger charge is 1.95. The summed E-state index contributed by atoms with van der Waals surface area (Å²) in [6.45, 7) is 1.78. The number of rotatable bonds is 7. The van der Waals surface area contributed by atoms with Gasteiger partial charge in [-0.3, -0.25) is 9.78 Å². The fourth-order valence-electron chi connectivity index (χ4n) is 1.09. The number of nitrogens with two attached hydrogens (primary N) is 1. The van der Waals surface area contributed by atoms with Crippen molar-refractivity contribution in [1.82, 2.24) is 10.3 Å². The summed E-state index contributed by atoms with van der Waals surface area (Å²) < 4.78 is 0. The average molecular weight is 213 g/mol. The molecule has 0 saturated heterocycles. The van der Waals surface area contributed by atoms with Gasteiger partial charge in [0.1, 0.15) is 0 Å². The Balaban J connectivity index is 1.92. The van der Waals surface area contributed by atoms with Crippen LogP contribution in [0.5, 0.6) is 0 Å². The molecule has 0 saturated carbocycles. The molecule has 14 heavy (non-hydrogen) atoms. The smallest absolute Gasteiger partial charge is 0.217 e. The number of nitrogens with zero attached hydrogens (tertiary/aromatic N) is 1. The maximum absolute atomic E-state index is 10.4. The SMILES string of the molecule is NC(=O)CCCCNCc1cncs1. The molecule has 1 heterocycles. The second kappa shape index (κ2) is 6.50. The number of primary amides is 1. The molecule has 0 bridgehead atoms. The van der Waals surface area contributed by atoms with Gasteiger partial charge in [-0.25, -0.2) is 0 Å². The molecule has 0 spiro atoms. The first-order valence-electron chi connectivity index (χ1n) is 4.65. The molecule has 0 aliphatic heterocycles. The van der Waals surface area contributed by atoms with E-state index in [0.717, 1.165) is 25.9 Å². The number of hydrogen-bond acceptors (Lipinski definition) is 4. The van der Waals surface area contributed by atoms with Crippen molar-refractivity contribution in [3.05, 3.63) is 16.6 Å². The van der Waals surface area contributed by atoms with Crippen molar-refractivity contribution in [1.29, 1.82) is 0 Å². The van der Waals surface area contributed by atoms with E-state index in [4.69, 9.17) is 5.73 Å². The van der Waals surface area contributed by atoms with Gasteiger partial charge in [-0.15, -0.1) is 11.3 Å². The Morgan fingerprint density at radius 2 is 2.43 bits per heavy atom. The lowest BCUT2D eigenvalue weighted by Crippen LogP contribution is -2.15. The minimum absolute atomic E-state index is 0.215. The molecule has 78 valence electrons. The maximum Gasteiger partial charge on any atom is 0.217 e. The standard InChI is InChI=1S/C9H15N3OS/c10-9(13)3-1-2-4-11-5-8-6-12-7-14-8/h6-7,11H,1-5H2,(H2,10,13). The molecule has 0 atom stereocenters. The molecule has 4 nitrogen and oxygen atoms in total. The highest BCUT2D eigenvalue weighted by Crippen LogP contribution is 2.04. The van der Waals surface area contributed by atoms with Gasteiger partial charge in [-0.1, -0.05) is 0 Å². The summed E-state index contributed by atoms with van der Waals surface area (Å²) in [5.41, 5.74) is 6.84. The molecule has 0 fully saturated rings. The first kappa shape index (κ1) is 11.1. The van der Waals surface area contributed by atoms with Crippen LogP contribution in [0.15, 0.2) is 11.7 Å². The van der Waals surface area contributed by atoms with E-state index in [2.05, 4.69) is 10.3 Å². The van der Waals surface area contributed by atoms with E-state index in [1.807, 2.05) is 11.7 Å². The Labute approximate surface area is 87.5 Å². The van der Waals surface area contributed by atoms with Gasteiger partial charge in [-0.2, -0.15) is 0 Å². The lowest BCUT2D eigenvalue weighted by Gasteiger charge is -2.01. The quantitative estimate of drug-likeness (QED) is 0.661. The van der Waals surface area contributed by atoms with Gasteiger partial charge in [0.25, 0.3) is 0 Å². The molecule has 0 aliphatic carbocycles. The van der Waals surface area contributed by atoms with E-state index in [0.29, 0.717) is 6.42 Å². The van der Waals surface area contributed by atoms with E-state index in [-0.39, 0.29) is 5.91 Å². The van der Waals surface area contributed by atoms with Crippen molar-refractivity contribution in [2.24, 2.45) is 5.73 Å². The zero-order valence-corrected chi connectivity index (χ0v) is 8.85. The summed E-state index contributed by atoms with van der Waals surface area (Å²) in [4.78, 5) is 15.6. The minimum atomic E-state index is -0.215. The molecule has 5 heteroatoms. The second-order valence-electron chi connectivity index (χ2n) is 3.07. The van der Waals surface area contributed by atoms with Gasteiger partial charge in [0.05, 0.1) is 5.51 Å². The summed E-state index contributed by atoms with van der Waals surface area (Å²) in [7, 11) is 0. The largest absolute Gasteiger partial charge is 0.370 e. The Morgan fingerprint density at radius 3 is 3.07 bits per heavy atom. The van der Waals surface area contributed by atoms with Gasteiger partial charge in [0.15, 0.2) is 0 Å². The van der Waals surface area contributed by atoms with E-state index in [1.54, 1.807) is 11.3 Å². The lowest BCUT2D eigenvalue weighted by atomic mass is 10.2. The summed E-state index contributed by atoms with van der Waals surface area (Å²) in [5, 5.41) is 3.28. The third kappa shape index (κ3) is 4.94. The normalized spacial score (nSPS) is 10.3. The number of carbonyl (C=O) groups is 1. The minimum Gasteiger partial charge on any atom is -0.370 e.